The lowest BCUT2D eigenvalue weighted by Crippen LogP contribution is -2.44. The lowest BCUT2D eigenvalue weighted by Gasteiger charge is -2.24. The lowest BCUT2D eigenvalue weighted by atomic mass is 10.00. The van der Waals surface area contributed by atoms with Crippen molar-refractivity contribution in [2.75, 3.05) is 0 Å². The third kappa shape index (κ3) is 4.62. The zero-order valence-corrected chi connectivity index (χ0v) is 12.5. The van der Waals surface area contributed by atoms with E-state index in [4.69, 9.17) is 5.11 Å². The van der Waals surface area contributed by atoms with Crippen LogP contribution in [0.4, 0.5) is 0 Å². The predicted molar refractivity (Wildman–Crippen MR) is 79.7 cm³/mol. The third-order valence-corrected chi connectivity index (χ3v) is 3.54. The summed E-state index contributed by atoms with van der Waals surface area (Å²) in [7, 11) is 0. The maximum Gasteiger partial charge on any atom is 0.320 e. The zero-order chi connectivity index (χ0) is 15.1. The second kappa shape index (κ2) is 8.02. The molecule has 0 aliphatic heterocycles. The largest absolute Gasteiger partial charge is 0.480 e. The fourth-order valence-corrected chi connectivity index (χ4v) is 2.21. The van der Waals surface area contributed by atoms with E-state index in [0.717, 1.165) is 18.4 Å². The standard InChI is InChI=1S/C16H25NO3/c1-4-6-14(16(19)20)17-11(3)15(18)13-9-7-12(5-2)8-10-13/h7-11,14-15,17-18H,4-6H2,1-3H3,(H,19,20). The van der Waals surface area contributed by atoms with Gasteiger partial charge in [0.1, 0.15) is 6.04 Å². The molecule has 0 aliphatic carbocycles. The maximum atomic E-state index is 11.1. The summed E-state index contributed by atoms with van der Waals surface area (Å²) in [5.74, 6) is -0.868. The number of aliphatic hydroxyl groups excluding tert-OH is 1. The van der Waals surface area contributed by atoms with Crippen LogP contribution in [-0.4, -0.2) is 28.3 Å². The van der Waals surface area contributed by atoms with Crippen molar-refractivity contribution >= 4 is 5.97 Å². The summed E-state index contributed by atoms with van der Waals surface area (Å²) < 4.78 is 0. The first-order valence-corrected chi connectivity index (χ1v) is 7.25. The Labute approximate surface area is 120 Å². The average molecular weight is 279 g/mol. The number of carbonyl (C=O) groups is 1. The fourth-order valence-electron chi connectivity index (χ4n) is 2.21. The minimum absolute atomic E-state index is 0.310. The van der Waals surface area contributed by atoms with Gasteiger partial charge >= 0.3 is 5.97 Å². The van der Waals surface area contributed by atoms with Gasteiger partial charge in [-0.3, -0.25) is 10.1 Å². The van der Waals surface area contributed by atoms with E-state index in [0.29, 0.717) is 6.42 Å². The summed E-state index contributed by atoms with van der Waals surface area (Å²) in [5, 5.41) is 22.4. The van der Waals surface area contributed by atoms with Crippen LogP contribution in [-0.2, 0) is 11.2 Å². The SMILES string of the molecule is CCCC(NC(C)C(O)c1ccc(CC)cc1)C(=O)O. The van der Waals surface area contributed by atoms with Gasteiger partial charge in [0.15, 0.2) is 0 Å². The molecule has 1 aromatic carbocycles. The molecule has 4 nitrogen and oxygen atoms in total. The number of nitrogens with one attached hydrogen (secondary N) is 1. The van der Waals surface area contributed by atoms with Crippen LogP contribution in [0, 0.1) is 0 Å². The van der Waals surface area contributed by atoms with E-state index in [-0.39, 0.29) is 6.04 Å². The van der Waals surface area contributed by atoms with Crippen molar-refractivity contribution in [1.82, 2.24) is 5.32 Å². The molecule has 0 saturated heterocycles. The van der Waals surface area contributed by atoms with Crippen molar-refractivity contribution < 1.29 is 15.0 Å². The van der Waals surface area contributed by atoms with Crippen molar-refractivity contribution in [1.29, 1.82) is 0 Å². The smallest absolute Gasteiger partial charge is 0.320 e. The molecule has 0 heterocycles. The van der Waals surface area contributed by atoms with E-state index >= 15 is 0 Å². The summed E-state index contributed by atoms with van der Waals surface area (Å²) in [6.07, 6.45) is 1.60. The molecule has 0 aromatic heterocycles. The number of carboxylic acids is 1. The second-order valence-corrected chi connectivity index (χ2v) is 5.17. The van der Waals surface area contributed by atoms with E-state index in [2.05, 4.69) is 12.2 Å². The number of aryl methyl sites for hydroxylation is 1. The monoisotopic (exact) mass is 279 g/mol. The fraction of sp³-hybridized carbons (Fsp3) is 0.562. The van der Waals surface area contributed by atoms with Crippen LogP contribution in [0.25, 0.3) is 0 Å². The molecule has 0 bridgehead atoms. The van der Waals surface area contributed by atoms with Crippen LogP contribution in [0.3, 0.4) is 0 Å². The molecule has 4 heteroatoms. The molecule has 0 spiro atoms. The Hall–Kier alpha value is -1.39. The van der Waals surface area contributed by atoms with E-state index < -0.39 is 18.1 Å². The first-order chi connectivity index (χ1) is 9.49. The molecule has 0 radical (unpaired) electrons. The predicted octanol–water partition coefficient (Wildman–Crippen LogP) is 2.51. The first-order valence-electron chi connectivity index (χ1n) is 7.25. The van der Waals surface area contributed by atoms with Crippen molar-refractivity contribution in [3.63, 3.8) is 0 Å². The number of benzene rings is 1. The molecule has 1 aromatic rings. The van der Waals surface area contributed by atoms with Gasteiger partial charge in [0.05, 0.1) is 6.10 Å². The summed E-state index contributed by atoms with van der Waals surface area (Å²) in [4.78, 5) is 11.1. The number of rotatable bonds is 8. The highest BCUT2D eigenvalue weighted by Gasteiger charge is 2.23. The van der Waals surface area contributed by atoms with Crippen LogP contribution in [0.5, 0.6) is 0 Å². The highest BCUT2D eigenvalue weighted by atomic mass is 16.4. The molecule has 112 valence electrons. The molecule has 1 rings (SSSR count). The van der Waals surface area contributed by atoms with Gasteiger partial charge in [-0.25, -0.2) is 0 Å². The zero-order valence-electron chi connectivity index (χ0n) is 12.5. The molecule has 3 atom stereocenters. The van der Waals surface area contributed by atoms with Gasteiger partial charge in [-0.15, -0.1) is 0 Å². The third-order valence-electron chi connectivity index (χ3n) is 3.54. The molecule has 0 amide bonds. The quantitative estimate of drug-likeness (QED) is 0.684. The summed E-state index contributed by atoms with van der Waals surface area (Å²) in [6.45, 7) is 5.84. The van der Waals surface area contributed by atoms with E-state index in [1.165, 1.54) is 5.56 Å². The summed E-state index contributed by atoms with van der Waals surface area (Å²) in [5.41, 5.74) is 2.03. The minimum atomic E-state index is -0.868. The Morgan fingerprint density at radius 2 is 1.85 bits per heavy atom. The van der Waals surface area contributed by atoms with Gasteiger partial charge in [-0.2, -0.15) is 0 Å². The van der Waals surface area contributed by atoms with E-state index in [9.17, 15) is 9.90 Å². The van der Waals surface area contributed by atoms with Crippen LogP contribution >= 0.6 is 0 Å². The van der Waals surface area contributed by atoms with Crippen LogP contribution < -0.4 is 5.32 Å². The van der Waals surface area contributed by atoms with Crippen molar-refractivity contribution in [3.05, 3.63) is 35.4 Å². The molecule has 3 unspecified atom stereocenters. The first kappa shape index (κ1) is 16.7. The second-order valence-electron chi connectivity index (χ2n) is 5.17. The number of hydrogen-bond donors (Lipinski definition) is 3. The molecular weight excluding hydrogens is 254 g/mol. The topological polar surface area (TPSA) is 69.6 Å². The number of aliphatic carboxylic acids is 1. The van der Waals surface area contributed by atoms with Gasteiger partial charge in [-0.1, -0.05) is 44.5 Å². The van der Waals surface area contributed by atoms with Gasteiger partial charge in [-0.05, 0) is 30.9 Å². The molecule has 3 N–H and O–H groups in total. The molecule has 0 saturated carbocycles. The van der Waals surface area contributed by atoms with Crippen molar-refractivity contribution in [2.45, 2.75) is 58.2 Å². The van der Waals surface area contributed by atoms with Gasteiger partial charge < -0.3 is 10.2 Å². The van der Waals surface area contributed by atoms with Gasteiger partial charge in [0, 0.05) is 6.04 Å². The maximum absolute atomic E-state index is 11.1. The number of hydrogen-bond acceptors (Lipinski definition) is 3. The molecule has 0 fully saturated rings. The Kier molecular flexibility index (Phi) is 6.68. The Bertz CT molecular complexity index is 416. The number of carboxylic acid groups (broad SMARTS) is 1. The minimum Gasteiger partial charge on any atom is -0.480 e. The molecule has 0 aliphatic rings. The van der Waals surface area contributed by atoms with Gasteiger partial charge in [0.2, 0.25) is 0 Å². The van der Waals surface area contributed by atoms with Crippen LogP contribution in [0.15, 0.2) is 24.3 Å². The average Bonchev–Trinajstić information content (AvgIpc) is 2.45. The van der Waals surface area contributed by atoms with Crippen LogP contribution in [0.1, 0.15) is 50.8 Å². The molecular formula is C16H25NO3. The molecule has 20 heavy (non-hydrogen) atoms. The van der Waals surface area contributed by atoms with Crippen LogP contribution in [0.2, 0.25) is 0 Å². The van der Waals surface area contributed by atoms with Crippen molar-refractivity contribution in [2.24, 2.45) is 0 Å². The van der Waals surface area contributed by atoms with E-state index in [1.54, 1.807) is 0 Å². The normalized spacial score (nSPS) is 15.6. The highest BCUT2D eigenvalue weighted by molar-refractivity contribution is 5.73. The highest BCUT2D eigenvalue weighted by Crippen LogP contribution is 2.18. The summed E-state index contributed by atoms with van der Waals surface area (Å²) >= 11 is 0. The van der Waals surface area contributed by atoms with E-state index in [1.807, 2.05) is 38.1 Å². The van der Waals surface area contributed by atoms with Gasteiger partial charge in [0.25, 0.3) is 0 Å². The Morgan fingerprint density at radius 3 is 2.30 bits per heavy atom. The van der Waals surface area contributed by atoms with Crippen molar-refractivity contribution in [3.8, 4) is 0 Å². The Balaban J connectivity index is 2.69. The number of aliphatic hydroxyl groups is 1. The lowest BCUT2D eigenvalue weighted by molar-refractivity contribution is -0.140. The Morgan fingerprint density at radius 1 is 1.25 bits per heavy atom. The summed E-state index contributed by atoms with van der Waals surface area (Å²) in [6, 6.07) is 6.86.